The molecule has 0 spiro atoms. The molecule has 1 aromatic heterocycles. The normalized spacial score (nSPS) is 18.4. The van der Waals surface area contributed by atoms with Gasteiger partial charge in [0, 0.05) is 6.54 Å². The van der Waals surface area contributed by atoms with E-state index in [4.69, 9.17) is 16.6 Å². The number of amides is 2. The van der Waals surface area contributed by atoms with Gasteiger partial charge in [-0.05, 0) is 44.3 Å². The Morgan fingerprint density at radius 2 is 2.17 bits per heavy atom. The van der Waals surface area contributed by atoms with E-state index in [0.717, 1.165) is 0 Å². The van der Waals surface area contributed by atoms with Crippen molar-refractivity contribution < 1.29 is 14.0 Å². The first-order valence-electron chi connectivity index (χ1n) is 5.48. The Balaban J connectivity index is 2.37. The number of hydrogen-bond acceptors (Lipinski definition) is 4. The van der Waals surface area contributed by atoms with Crippen molar-refractivity contribution in [2.75, 3.05) is 6.54 Å². The second-order valence-electron chi connectivity index (χ2n) is 3.82. The van der Waals surface area contributed by atoms with E-state index < -0.39 is 11.8 Å². The van der Waals surface area contributed by atoms with E-state index in [0.29, 0.717) is 18.1 Å². The van der Waals surface area contributed by atoms with E-state index in [1.165, 1.54) is 11.0 Å². The van der Waals surface area contributed by atoms with Crippen LogP contribution in [-0.4, -0.2) is 28.4 Å². The predicted octanol–water partition coefficient (Wildman–Crippen LogP) is 1.23. The molecule has 1 aliphatic rings. The summed E-state index contributed by atoms with van der Waals surface area (Å²) >= 11 is 4.92. The Morgan fingerprint density at radius 1 is 1.44 bits per heavy atom. The molecular weight excluding hydrogens is 252 g/mol. The van der Waals surface area contributed by atoms with Crippen LogP contribution in [0.15, 0.2) is 22.1 Å². The fraction of sp³-hybridized carbons (Fsp3) is 0.250. The van der Waals surface area contributed by atoms with Crippen LogP contribution in [0.1, 0.15) is 18.4 Å². The molecule has 1 N–H and O–H groups in total. The molecule has 0 bridgehead atoms. The van der Waals surface area contributed by atoms with Crippen LogP contribution in [-0.2, 0) is 9.59 Å². The van der Waals surface area contributed by atoms with E-state index in [1.54, 1.807) is 26.0 Å². The smallest absolute Gasteiger partial charge is 0.265 e. The molecule has 94 valence electrons. The average Bonchev–Trinajstić information content (AvgIpc) is 2.70. The molecule has 0 aromatic carbocycles. The quantitative estimate of drug-likeness (QED) is 0.496. The molecule has 2 rings (SSSR count). The highest BCUT2D eigenvalue weighted by atomic mass is 32.1. The number of aryl methyl sites for hydroxylation is 1. The number of nitrogens with zero attached hydrogens (tertiary/aromatic N) is 1. The number of likely N-dealkylation sites (N-methyl/N-ethyl adjacent to an activating group) is 1. The largest absolute Gasteiger partial charge is 0.462 e. The molecule has 2 amide bonds. The number of carbonyl (C=O) groups excluding carboxylic acids is 2. The summed E-state index contributed by atoms with van der Waals surface area (Å²) in [6, 6.07) is 3.46. The van der Waals surface area contributed by atoms with Gasteiger partial charge < -0.3 is 4.42 Å². The minimum atomic E-state index is -0.497. The van der Waals surface area contributed by atoms with Crippen LogP contribution >= 0.6 is 12.2 Å². The number of carbonyl (C=O) groups is 2. The van der Waals surface area contributed by atoms with Gasteiger partial charge in [0.15, 0.2) is 5.11 Å². The Morgan fingerprint density at radius 3 is 2.72 bits per heavy atom. The highest BCUT2D eigenvalue weighted by Gasteiger charge is 2.32. The zero-order chi connectivity index (χ0) is 13.3. The van der Waals surface area contributed by atoms with Crippen molar-refractivity contribution in [3.63, 3.8) is 0 Å². The van der Waals surface area contributed by atoms with Crippen LogP contribution in [0.4, 0.5) is 0 Å². The summed E-state index contributed by atoms with van der Waals surface area (Å²) < 4.78 is 5.32. The van der Waals surface area contributed by atoms with Crippen LogP contribution in [0.3, 0.4) is 0 Å². The van der Waals surface area contributed by atoms with Crippen LogP contribution < -0.4 is 5.32 Å². The topological polar surface area (TPSA) is 62.6 Å². The van der Waals surface area contributed by atoms with Crippen molar-refractivity contribution >= 4 is 35.2 Å². The van der Waals surface area contributed by atoms with Crippen molar-refractivity contribution in [1.82, 2.24) is 10.2 Å². The second kappa shape index (κ2) is 4.73. The summed E-state index contributed by atoms with van der Waals surface area (Å²) in [4.78, 5) is 25.1. The number of thiocarbonyl (C=S) groups is 1. The van der Waals surface area contributed by atoms with Crippen LogP contribution in [0, 0.1) is 6.92 Å². The van der Waals surface area contributed by atoms with Gasteiger partial charge in [-0.15, -0.1) is 0 Å². The minimum absolute atomic E-state index is 0.0276. The van der Waals surface area contributed by atoms with Gasteiger partial charge in [0.05, 0.1) is 0 Å². The Hall–Kier alpha value is -1.95. The Bertz CT molecular complexity index is 559. The third-order valence-electron chi connectivity index (χ3n) is 2.55. The molecule has 1 saturated heterocycles. The van der Waals surface area contributed by atoms with Crippen molar-refractivity contribution in [3.05, 3.63) is 29.2 Å². The van der Waals surface area contributed by atoms with Crippen molar-refractivity contribution in [3.8, 4) is 0 Å². The maximum atomic E-state index is 12.1. The standard InChI is InChI=1S/C12H12N2O3S/c1-3-14-11(16)9(10(15)13-12(14)18)6-8-5-4-7(2)17-8/h4-6H,3H2,1-2H3,(H,13,15,18)/b9-6+. The highest BCUT2D eigenvalue weighted by Crippen LogP contribution is 2.16. The molecule has 0 aliphatic carbocycles. The first kappa shape index (κ1) is 12.5. The van der Waals surface area contributed by atoms with Gasteiger partial charge in [-0.25, -0.2) is 0 Å². The zero-order valence-electron chi connectivity index (χ0n) is 10.0. The van der Waals surface area contributed by atoms with Crippen LogP contribution in [0.2, 0.25) is 0 Å². The predicted molar refractivity (Wildman–Crippen MR) is 69.5 cm³/mol. The van der Waals surface area contributed by atoms with Gasteiger partial charge >= 0.3 is 0 Å². The van der Waals surface area contributed by atoms with Crippen LogP contribution in [0.25, 0.3) is 6.08 Å². The number of hydrogen-bond donors (Lipinski definition) is 1. The molecule has 1 aliphatic heterocycles. The number of rotatable bonds is 2. The summed E-state index contributed by atoms with van der Waals surface area (Å²) in [5.41, 5.74) is 0.0276. The summed E-state index contributed by atoms with van der Waals surface area (Å²) in [6.07, 6.45) is 1.43. The summed E-state index contributed by atoms with van der Waals surface area (Å²) in [5, 5.41) is 2.61. The molecule has 0 atom stereocenters. The van der Waals surface area contributed by atoms with E-state index in [-0.39, 0.29) is 10.7 Å². The van der Waals surface area contributed by atoms with Gasteiger partial charge in [-0.3, -0.25) is 19.8 Å². The van der Waals surface area contributed by atoms with Gasteiger partial charge in [0.1, 0.15) is 17.1 Å². The molecule has 1 fully saturated rings. The summed E-state index contributed by atoms with van der Waals surface area (Å²) in [7, 11) is 0. The molecular formula is C12H12N2O3S. The number of nitrogens with one attached hydrogen (secondary N) is 1. The highest BCUT2D eigenvalue weighted by molar-refractivity contribution is 7.80. The van der Waals surface area contributed by atoms with E-state index in [2.05, 4.69) is 5.32 Å². The lowest BCUT2D eigenvalue weighted by Crippen LogP contribution is -2.53. The molecule has 6 heteroatoms. The molecule has 2 heterocycles. The van der Waals surface area contributed by atoms with Crippen LogP contribution in [0.5, 0.6) is 0 Å². The molecule has 0 saturated carbocycles. The lowest BCUT2D eigenvalue weighted by Gasteiger charge is -2.27. The van der Waals surface area contributed by atoms with E-state index in [1.807, 2.05) is 0 Å². The Labute approximate surface area is 109 Å². The first-order chi connectivity index (χ1) is 8.52. The van der Waals surface area contributed by atoms with E-state index in [9.17, 15) is 9.59 Å². The van der Waals surface area contributed by atoms with Gasteiger partial charge in [-0.1, -0.05) is 0 Å². The zero-order valence-corrected chi connectivity index (χ0v) is 10.8. The first-order valence-corrected chi connectivity index (χ1v) is 5.89. The third kappa shape index (κ3) is 2.19. The maximum Gasteiger partial charge on any atom is 0.265 e. The third-order valence-corrected chi connectivity index (χ3v) is 2.87. The molecule has 5 nitrogen and oxygen atoms in total. The van der Waals surface area contributed by atoms with Gasteiger partial charge in [0.2, 0.25) is 0 Å². The molecule has 1 aromatic rings. The second-order valence-corrected chi connectivity index (χ2v) is 4.20. The van der Waals surface area contributed by atoms with Crippen molar-refractivity contribution in [2.45, 2.75) is 13.8 Å². The molecule has 18 heavy (non-hydrogen) atoms. The molecule has 0 radical (unpaired) electrons. The summed E-state index contributed by atoms with van der Waals surface area (Å²) in [5.74, 6) is 0.285. The summed E-state index contributed by atoms with van der Waals surface area (Å²) in [6.45, 7) is 3.99. The fourth-order valence-electron chi connectivity index (χ4n) is 1.65. The van der Waals surface area contributed by atoms with E-state index >= 15 is 0 Å². The lowest BCUT2D eigenvalue weighted by molar-refractivity contribution is -0.128. The average molecular weight is 264 g/mol. The SMILES string of the molecule is CCN1C(=O)/C(=C/c2ccc(C)o2)C(=O)NC1=S. The fourth-order valence-corrected chi connectivity index (χ4v) is 1.96. The Kier molecular flexibility index (Phi) is 3.29. The minimum Gasteiger partial charge on any atom is -0.462 e. The van der Waals surface area contributed by atoms with Crippen molar-refractivity contribution in [2.24, 2.45) is 0 Å². The van der Waals surface area contributed by atoms with Gasteiger partial charge in [-0.2, -0.15) is 0 Å². The maximum absolute atomic E-state index is 12.1. The monoisotopic (exact) mass is 264 g/mol. The van der Waals surface area contributed by atoms with Gasteiger partial charge in [0.25, 0.3) is 11.8 Å². The van der Waals surface area contributed by atoms with Crippen molar-refractivity contribution in [1.29, 1.82) is 0 Å². The lowest BCUT2D eigenvalue weighted by atomic mass is 10.1. The number of furan rings is 1. The molecule has 0 unspecified atom stereocenters.